The van der Waals surface area contributed by atoms with Crippen molar-refractivity contribution in [3.05, 3.63) is 35.7 Å². The largest absolute Gasteiger partial charge is 0.416 e. The zero-order chi connectivity index (χ0) is 18.6. The summed E-state index contributed by atoms with van der Waals surface area (Å²) in [7, 11) is 1.97. The second-order valence-electron chi connectivity index (χ2n) is 6.66. The summed E-state index contributed by atoms with van der Waals surface area (Å²) in [6, 6.07) is 4.89. The summed E-state index contributed by atoms with van der Waals surface area (Å²) in [4.78, 5) is 2.29. The Balaban J connectivity index is 1.63. The van der Waals surface area contributed by atoms with Crippen molar-refractivity contribution < 1.29 is 13.2 Å². The molecule has 0 aliphatic carbocycles. The fraction of sp³-hybridized carbons (Fsp3) is 0.588. The maximum Gasteiger partial charge on any atom is 0.416 e. The highest BCUT2D eigenvalue weighted by Gasteiger charge is 2.30. The molecule has 9 heteroatoms. The third kappa shape index (κ3) is 4.59. The molecular formula is C17H23F3N6. The first-order valence-corrected chi connectivity index (χ1v) is 8.79. The monoisotopic (exact) mass is 368 g/mol. The van der Waals surface area contributed by atoms with E-state index in [1.54, 1.807) is 0 Å². The molecule has 1 aromatic heterocycles. The minimum absolute atomic E-state index is 0.530. The quantitative estimate of drug-likeness (QED) is 0.849. The molecule has 1 N–H and O–H groups in total. The van der Waals surface area contributed by atoms with Gasteiger partial charge in [0.15, 0.2) is 5.82 Å². The van der Waals surface area contributed by atoms with Gasteiger partial charge in [0.05, 0.1) is 17.8 Å². The van der Waals surface area contributed by atoms with Gasteiger partial charge >= 0.3 is 6.18 Å². The third-order valence-electron chi connectivity index (χ3n) is 4.85. The maximum atomic E-state index is 12.7. The number of benzene rings is 1. The minimum Gasteiger partial charge on any atom is -0.320 e. The van der Waals surface area contributed by atoms with E-state index in [0.717, 1.165) is 50.5 Å². The summed E-state index contributed by atoms with van der Waals surface area (Å²) < 4.78 is 39.6. The molecule has 1 aromatic carbocycles. The van der Waals surface area contributed by atoms with E-state index in [0.29, 0.717) is 18.1 Å². The molecule has 0 unspecified atom stereocenters. The van der Waals surface area contributed by atoms with Crippen molar-refractivity contribution >= 4 is 0 Å². The van der Waals surface area contributed by atoms with Crippen molar-refractivity contribution in [2.75, 3.05) is 26.7 Å². The molecule has 2 heterocycles. The van der Waals surface area contributed by atoms with Gasteiger partial charge in [-0.3, -0.25) is 4.90 Å². The molecule has 0 bridgehead atoms. The highest BCUT2D eigenvalue weighted by atomic mass is 19.4. The van der Waals surface area contributed by atoms with Gasteiger partial charge in [0.1, 0.15) is 0 Å². The molecule has 0 saturated carbocycles. The van der Waals surface area contributed by atoms with Crippen LogP contribution in [0.15, 0.2) is 24.3 Å². The Hall–Kier alpha value is -2.00. The Labute approximate surface area is 150 Å². The molecule has 0 radical (unpaired) electrons. The lowest BCUT2D eigenvalue weighted by molar-refractivity contribution is -0.137. The third-order valence-corrected chi connectivity index (χ3v) is 4.85. The van der Waals surface area contributed by atoms with Gasteiger partial charge in [-0.25, -0.2) is 0 Å². The smallest absolute Gasteiger partial charge is 0.320 e. The lowest BCUT2D eigenvalue weighted by Crippen LogP contribution is -2.34. The van der Waals surface area contributed by atoms with Crippen molar-refractivity contribution in [3.8, 4) is 5.69 Å². The van der Waals surface area contributed by atoms with Crippen molar-refractivity contribution in [2.45, 2.75) is 32.0 Å². The molecule has 26 heavy (non-hydrogen) atoms. The molecule has 0 atom stereocenters. The lowest BCUT2D eigenvalue weighted by atomic mass is 9.93. The number of rotatable bonds is 6. The Morgan fingerprint density at radius 1 is 1.15 bits per heavy atom. The van der Waals surface area contributed by atoms with E-state index in [1.165, 1.54) is 23.2 Å². The van der Waals surface area contributed by atoms with Crippen LogP contribution in [0.5, 0.6) is 0 Å². The van der Waals surface area contributed by atoms with Gasteiger partial charge in [0, 0.05) is 0 Å². The summed E-state index contributed by atoms with van der Waals surface area (Å²) in [5.74, 6) is 1.38. The van der Waals surface area contributed by atoms with Crippen LogP contribution in [0.4, 0.5) is 13.2 Å². The van der Waals surface area contributed by atoms with Gasteiger partial charge in [-0.15, -0.1) is 5.10 Å². The van der Waals surface area contributed by atoms with Crippen molar-refractivity contribution in [2.24, 2.45) is 5.92 Å². The van der Waals surface area contributed by atoms with E-state index in [-0.39, 0.29) is 0 Å². The highest BCUT2D eigenvalue weighted by Crippen LogP contribution is 2.29. The van der Waals surface area contributed by atoms with Crippen LogP contribution in [-0.2, 0) is 12.7 Å². The number of tetrazole rings is 1. The number of nitrogens with zero attached hydrogens (tertiary/aromatic N) is 5. The predicted octanol–water partition coefficient (Wildman–Crippen LogP) is 2.50. The molecule has 1 aliphatic rings. The molecule has 142 valence electrons. The maximum absolute atomic E-state index is 12.7. The Bertz CT molecular complexity index is 689. The molecule has 6 nitrogen and oxygen atoms in total. The number of likely N-dealkylation sites (tertiary alicyclic amines) is 1. The van der Waals surface area contributed by atoms with Gasteiger partial charge in [0.2, 0.25) is 0 Å². The SMILES string of the molecule is CNCCC1CCN(Cc2nnnn2-c2ccc(C(F)(F)F)cc2)CC1. The van der Waals surface area contributed by atoms with Crippen LogP contribution in [0.2, 0.25) is 0 Å². The number of nitrogens with one attached hydrogen (secondary N) is 1. The molecular weight excluding hydrogens is 345 g/mol. The second-order valence-corrected chi connectivity index (χ2v) is 6.66. The summed E-state index contributed by atoms with van der Waals surface area (Å²) in [6.07, 6.45) is -0.875. The summed E-state index contributed by atoms with van der Waals surface area (Å²) in [5.41, 5.74) is -0.151. The van der Waals surface area contributed by atoms with E-state index in [4.69, 9.17) is 0 Å². The normalized spacial score (nSPS) is 16.9. The van der Waals surface area contributed by atoms with E-state index in [9.17, 15) is 13.2 Å². The summed E-state index contributed by atoms with van der Waals surface area (Å²) in [5, 5.41) is 14.9. The highest BCUT2D eigenvalue weighted by molar-refractivity contribution is 5.35. The number of piperidine rings is 1. The molecule has 0 spiro atoms. The van der Waals surface area contributed by atoms with Crippen LogP contribution >= 0.6 is 0 Å². The zero-order valence-electron chi connectivity index (χ0n) is 14.7. The molecule has 1 saturated heterocycles. The summed E-state index contributed by atoms with van der Waals surface area (Å²) in [6.45, 7) is 3.59. The minimum atomic E-state index is -4.35. The van der Waals surface area contributed by atoms with Crippen LogP contribution in [0, 0.1) is 5.92 Å². The zero-order valence-corrected chi connectivity index (χ0v) is 14.7. The topological polar surface area (TPSA) is 58.9 Å². The van der Waals surface area contributed by atoms with Crippen LogP contribution in [0.25, 0.3) is 5.69 Å². The molecule has 0 amide bonds. The van der Waals surface area contributed by atoms with E-state index in [1.807, 2.05) is 7.05 Å². The molecule has 2 aromatic rings. The first-order chi connectivity index (χ1) is 12.5. The van der Waals surface area contributed by atoms with Crippen LogP contribution in [0.1, 0.15) is 30.7 Å². The fourth-order valence-corrected chi connectivity index (χ4v) is 3.28. The predicted molar refractivity (Wildman–Crippen MR) is 90.7 cm³/mol. The first-order valence-electron chi connectivity index (χ1n) is 8.79. The molecule has 1 aliphatic heterocycles. The van der Waals surface area contributed by atoms with E-state index < -0.39 is 11.7 Å². The van der Waals surface area contributed by atoms with Crippen molar-refractivity contribution in [1.29, 1.82) is 0 Å². The molecule has 3 rings (SSSR count). The Kier molecular flexibility index (Phi) is 5.87. The number of halogens is 3. The van der Waals surface area contributed by atoms with Gasteiger partial charge in [-0.1, -0.05) is 0 Å². The van der Waals surface area contributed by atoms with Gasteiger partial charge in [-0.2, -0.15) is 17.9 Å². The fourth-order valence-electron chi connectivity index (χ4n) is 3.28. The van der Waals surface area contributed by atoms with Crippen molar-refractivity contribution in [1.82, 2.24) is 30.4 Å². The second kappa shape index (κ2) is 8.13. The van der Waals surface area contributed by atoms with Crippen LogP contribution in [0.3, 0.4) is 0 Å². The number of hydrogen-bond donors (Lipinski definition) is 1. The standard InChI is InChI=1S/C17H23F3N6/c1-21-9-6-13-7-10-25(11-8-13)12-16-22-23-24-26(16)15-4-2-14(3-5-15)17(18,19)20/h2-5,13,21H,6-12H2,1H3. The summed E-state index contributed by atoms with van der Waals surface area (Å²) >= 11 is 0. The molecule has 1 fully saturated rings. The number of hydrogen-bond acceptors (Lipinski definition) is 5. The number of aromatic nitrogens is 4. The average molecular weight is 368 g/mol. The number of alkyl halides is 3. The first kappa shape index (κ1) is 18.8. The van der Waals surface area contributed by atoms with Crippen LogP contribution in [-0.4, -0.2) is 51.8 Å². The van der Waals surface area contributed by atoms with Crippen LogP contribution < -0.4 is 5.32 Å². The Morgan fingerprint density at radius 2 is 1.85 bits per heavy atom. The van der Waals surface area contributed by atoms with Crippen molar-refractivity contribution in [3.63, 3.8) is 0 Å². The Morgan fingerprint density at radius 3 is 2.46 bits per heavy atom. The van der Waals surface area contributed by atoms with E-state index >= 15 is 0 Å². The lowest BCUT2D eigenvalue weighted by Gasteiger charge is -2.31. The van der Waals surface area contributed by atoms with E-state index in [2.05, 4.69) is 25.7 Å². The van der Waals surface area contributed by atoms with Gasteiger partial charge in [0.25, 0.3) is 0 Å². The average Bonchev–Trinajstić information content (AvgIpc) is 3.08. The van der Waals surface area contributed by atoms with Gasteiger partial charge in [-0.05, 0) is 86.6 Å². The van der Waals surface area contributed by atoms with Gasteiger partial charge < -0.3 is 5.32 Å².